The Kier molecular flexibility index (Phi) is 6.51. The van der Waals surface area contributed by atoms with Gasteiger partial charge in [0.05, 0.1) is 35.2 Å². The third kappa shape index (κ3) is 4.97. The van der Waals surface area contributed by atoms with Gasteiger partial charge in [-0.15, -0.1) is 11.8 Å². The molecule has 4 aromatic rings. The number of pyridine rings is 1. The summed E-state index contributed by atoms with van der Waals surface area (Å²) in [5, 5.41) is 1.12. The summed E-state index contributed by atoms with van der Waals surface area (Å²) < 4.78 is 44.1. The Morgan fingerprint density at radius 1 is 1.05 bits per heavy atom. The van der Waals surface area contributed by atoms with E-state index in [1.165, 1.54) is 28.9 Å². The standard InChI is InChI=1S/C27H20F3N3O3S/c1-36-19-12-8-16(9-13-19)23-14-21(20-4-2-3-5-22(20)31-23)25(35)32-33-24(34)15-37-26(33)17-6-10-18(11-7-17)27(28,29)30/h2-14,26H,15H2,1H3,(H,32,35). The van der Waals surface area contributed by atoms with Crippen molar-refractivity contribution in [3.63, 3.8) is 0 Å². The van der Waals surface area contributed by atoms with E-state index in [-0.39, 0.29) is 11.7 Å². The molecule has 37 heavy (non-hydrogen) atoms. The minimum Gasteiger partial charge on any atom is -0.497 e. The number of hydrazine groups is 1. The molecule has 0 spiro atoms. The number of rotatable bonds is 5. The largest absolute Gasteiger partial charge is 0.497 e. The molecule has 2 amide bonds. The van der Waals surface area contributed by atoms with Crippen LogP contribution in [0, 0.1) is 0 Å². The first-order valence-electron chi connectivity index (χ1n) is 11.2. The fourth-order valence-electron chi connectivity index (χ4n) is 4.07. The van der Waals surface area contributed by atoms with Crippen molar-refractivity contribution in [1.82, 2.24) is 15.4 Å². The van der Waals surface area contributed by atoms with Gasteiger partial charge in [-0.3, -0.25) is 15.0 Å². The summed E-state index contributed by atoms with van der Waals surface area (Å²) in [5.41, 5.74) is 4.62. The van der Waals surface area contributed by atoms with Crippen LogP contribution in [-0.2, 0) is 11.0 Å². The van der Waals surface area contributed by atoms with Crippen LogP contribution in [0.25, 0.3) is 22.2 Å². The Morgan fingerprint density at radius 3 is 2.43 bits per heavy atom. The molecule has 1 aliphatic rings. The highest BCUT2D eigenvalue weighted by Gasteiger charge is 2.36. The maximum atomic E-state index is 13.5. The molecule has 2 heterocycles. The number of aromatic nitrogens is 1. The quantitative estimate of drug-likeness (QED) is 0.356. The number of nitrogens with zero attached hydrogens (tertiary/aromatic N) is 2. The molecule has 5 rings (SSSR count). The first-order valence-corrected chi connectivity index (χ1v) is 12.3. The number of amides is 2. The van der Waals surface area contributed by atoms with E-state index in [4.69, 9.17) is 4.74 Å². The molecule has 1 aromatic heterocycles. The lowest BCUT2D eigenvalue weighted by Crippen LogP contribution is -2.44. The molecule has 1 unspecified atom stereocenters. The van der Waals surface area contributed by atoms with Crippen molar-refractivity contribution in [2.24, 2.45) is 0 Å². The Balaban J connectivity index is 1.47. The van der Waals surface area contributed by atoms with Crippen molar-refractivity contribution in [1.29, 1.82) is 0 Å². The number of benzene rings is 3. The van der Waals surface area contributed by atoms with E-state index in [2.05, 4.69) is 10.4 Å². The Morgan fingerprint density at radius 2 is 1.76 bits per heavy atom. The highest BCUT2D eigenvalue weighted by molar-refractivity contribution is 8.00. The molecule has 1 atom stereocenters. The summed E-state index contributed by atoms with van der Waals surface area (Å²) >= 11 is 1.23. The van der Waals surface area contributed by atoms with E-state index in [1.807, 2.05) is 18.2 Å². The molecule has 10 heteroatoms. The average molecular weight is 524 g/mol. The van der Waals surface area contributed by atoms with Gasteiger partial charge in [0.2, 0.25) is 0 Å². The van der Waals surface area contributed by atoms with Crippen molar-refractivity contribution >= 4 is 34.5 Å². The van der Waals surface area contributed by atoms with Crippen LogP contribution in [0.5, 0.6) is 5.75 Å². The molecule has 1 N–H and O–H groups in total. The van der Waals surface area contributed by atoms with Gasteiger partial charge in [0.15, 0.2) is 0 Å². The Hall–Kier alpha value is -4.05. The minimum atomic E-state index is -4.46. The highest BCUT2D eigenvalue weighted by atomic mass is 32.2. The summed E-state index contributed by atoms with van der Waals surface area (Å²) in [6, 6.07) is 20.6. The number of para-hydroxylation sites is 1. The van der Waals surface area contributed by atoms with Gasteiger partial charge in [-0.1, -0.05) is 30.3 Å². The van der Waals surface area contributed by atoms with Gasteiger partial charge in [0.25, 0.3) is 11.8 Å². The van der Waals surface area contributed by atoms with Crippen molar-refractivity contribution in [3.8, 4) is 17.0 Å². The van der Waals surface area contributed by atoms with E-state index in [1.54, 1.807) is 43.5 Å². The van der Waals surface area contributed by atoms with E-state index >= 15 is 0 Å². The number of alkyl halides is 3. The smallest absolute Gasteiger partial charge is 0.416 e. The number of nitrogens with one attached hydrogen (secondary N) is 1. The number of carbonyl (C=O) groups is 2. The monoisotopic (exact) mass is 523 g/mol. The lowest BCUT2D eigenvalue weighted by molar-refractivity contribution is -0.137. The minimum absolute atomic E-state index is 0.0835. The second-order valence-corrected chi connectivity index (χ2v) is 9.36. The van der Waals surface area contributed by atoms with Crippen LogP contribution < -0.4 is 10.2 Å². The predicted molar refractivity (Wildman–Crippen MR) is 135 cm³/mol. The van der Waals surface area contributed by atoms with Crippen LogP contribution in [0.1, 0.15) is 26.9 Å². The number of halogens is 3. The first-order chi connectivity index (χ1) is 17.7. The predicted octanol–water partition coefficient (Wildman–Crippen LogP) is 5.85. The molecule has 188 valence electrons. The first kappa shape index (κ1) is 24.6. The summed E-state index contributed by atoms with van der Waals surface area (Å²) in [5.74, 6) is -0.111. The number of carbonyl (C=O) groups excluding carboxylic acids is 2. The molecule has 1 saturated heterocycles. The topological polar surface area (TPSA) is 71.5 Å². The van der Waals surface area contributed by atoms with Crippen molar-refractivity contribution in [2.45, 2.75) is 11.6 Å². The lowest BCUT2D eigenvalue weighted by Gasteiger charge is -2.25. The molecule has 0 radical (unpaired) electrons. The maximum Gasteiger partial charge on any atom is 0.416 e. The van der Waals surface area contributed by atoms with Gasteiger partial charge in [-0.2, -0.15) is 13.2 Å². The second kappa shape index (κ2) is 9.78. The molecule has 6 nitrogen and oxygen atoms in total. The highest BCUT2D eigenvalue weighted by Crippen LogP contribution is 2.39. The van der Waals surface area contributed by atoms with Crippen LogP contribution in [0.15, 0.2) is 78.9 Å². The molecular weight excluding hydrogens is 503 g/mol. The van der Waals surface area contributed by atoms with Crippen molar-refractivity contribution in [3.05, 3.63) is 95.6 Å². The average Bonchev–Trinajstić information content (AvgIpc) is 3.27. The van der Waals surface area contributed by atoms with Gasteiger partial charge >= 0.3 is 6.18 Å². The third-order valence-corrected chi connectivity index (χ3v) is 7.17. The number of thioether (sulfide) groups is 1. The fourth-order valence-corrected chi connectivity index (χ4v) is 5.18. The SMILES string of the molecule is COc1ccc(-c2cc(C(=O)NN3C(=O)CSC3c3ccc(C(F)(F)F)cc3)c3ccccc3n2)cc1. The molecule has 0 bridgehead atoms. The molecular formula is C27H20F3N3O3S. The number of hydrogen-bond acceptors (Lipinski definition) is 5. The summed E-state index contributed by atoms with van der Waals surface area (Å²) in [4.78, 5) is 30.8. The second-order valence-electron chi connectivity index (χ2n) is 8.29. The number of methoxy groups -OCH3 is 1. The van der Waals surface area contributed by atoms with Gasteiger partial charge < -0.3 is 4.74 Å². The number of fused-ring (bicyclic) bond motifs is 1. The van der Waals surface area contributed by atoms with Gasteiger partial charge in [0.1, 0.15) is 11.1 Å². The number of ether oxygens (including phenoxy) is 1. The molecule has 1 aliphatic heterocycles. The molecule has 1 fully saturated rings. The zero-order valence-electron chi connectivity index (χ0n) is 19.5. The van der Waals surface area contributed by atoms with Gasteiger partial charge in [0, 0.05) is 10.9 Å². The Labute approximate surface area is 214 Å². The van der Waals surface area contributed by atoms with E-state index in [0.29, 0.717) is 33.5 Å². The van der Waals surface area contributed by atoms with Crippen molar-refractivity contribution in [2.75, 3.05) is 12.9 Å². The van der Waals surface area contributed by atoms with E-state index in [9.17, 15) is 22.8 Å². The van der Waals surface area contributed by atoms with Crippen LogP contribution >= 0.6 is 11.8 Å². The number of hydrogen-bond donors (Lipinski definition) is 1. The third-order valence-electron chi connectivity index (χ3n) is 5.96. The van der Waals surface area contributed by atoms with Gasteiger partial charge in [-0.05, 0) is 54.1 Å². The summed E-state index contributed by atoms with van der Waals surface area (Å²) in [6.07, 6.45) is -4.46. The lowest BCUT2D eigenvalue weighted by atomic mass is 10.0. The zero-order valence-corrected chi connectivity index (χ0v) is 20.3. The van der Waals surface area contributed by atoms with Crippen LogP contribution in [0.2, 0.25) is 0 Å². The van der Waals surface area contributed by atoms with E-state index < -0.39 is 23.0 Å². The van der Waals surface area contributed by atoms with Crippen molar-refractivity contribution < 1.29 is 27.5 Å². The zero-order chi connectivity index (χ0) is 26.2. The fraction of sp³-hybridized carbons (Fsp3) is 0.148. The normalized spacial score (nSPS) is 15.7. The van der Waals surface area contributed by atoms with Crippen LogP contribution in [0.4, 0.5) is 13.2 Å². The molecule has 0 saturated carbocycles. The molecule has 3 aromatic carbocycles. The summed E-state index contributed by atoms with van der Waals surface area (Å²) in [6.45, 7) is 0. The molecule has 0 aliphatic carbocycles. The van der Waals surface area contributed by atoms with Crippen LogP contribution in [0.3, 0.4) is 0 Å². The van der Waals surface area contributed by atoms with E-state index in [0.717, 1.165) is 17.7 Å². The Bertz CT molecular complexity index is 1470. The van der Waals surface area contributed by atoms with Gasteiger partial charge in [-0.25, -0.2) is 9.99 Å². The summed E-state index contributed by atoms with van der Waals surface area (Å²) in [7, 11) is 1.57. The maximum absolute atomic E-state index is 13.5. The van der Waals surface area contributed by atoms with Crippen LogP contribution in [-0.4, -0.2) is 34.7 Å².